The number of hydrogen-bond acceptors (Lipinski definition) is 3. The summed E-state index contributed by atoms with van der Waals surface area (Å²) >= 11 is 0. The van der Waals surface area contributed by atoms with Crippen molar-refractivity contribution in [3.8, 4) is 0 Å². The highest BCUT2D eigenvalue weighted by Gasteiger charge is 2.25. The summed E-state index contributed by atoms with van der Waals surface area (Å²) in [4.78, 5) is 14.4. The van der Waals surface area contributed by atoms with E-state index >= 15 is 0 Å². The number of carbonyl (C=O) groups excluding carboxylic acids is 1. The molecule has 3 N–H and O–H groups in total. The lowest BCUT2D eigenvalue weighted by Gasteiger charge is -2.33. The number of nitrogens with zero attached hydrogens (tertiary/aromatic N) is 1. The average molecular weight is 269 g/mol. The van der Waals surface area contributed by atoms with Crippen LogP contribution >= 0.6 is 0 Å². The van der Waals surface area contributed by atoms with Crippen molar-refractivity contribution in [3.63, 3.8) is 0 Å². The van der Waals surface area contributed by atoms with Crippen LogP contribution in [0.4, 0.5) is 0 Å². The molecule has 112 valence electrons. The van der Waals surface area contributed by atoms with E-state index in [1.54, 1.807) is 0 Å². The van der Waals surface area contributed by atoms with E-state index in [1.165, 1.54) is 13.0 Å². The summed E-state index contributed by atoms with van der Waals surface area (Å²) in [7, 11) is 0. The Hall–Kier alpha value is -0.610. The minimum atomic E-state index is -0.0762. The van der Waals surface area contributed by atoms with Crippen LogP contribution in [0, 0.1) is 5.41 Å². The minimum absolute atomic E-state index is 0.0121. The number of piperidine rings is 1. The van der Waals surface area contributed by atoms with Gasteiger partial charge in [-0.05, 0) is 31.2 Å². The first-order valence-electron chi connectivity index (χ1n) is 7.60. The molecule has 1 fully saturated rings. The molecule has 0 aliphatic carbocycles. The number of hydrogen-bond donors (Lipinski definition) is 2. The molecule has 1 amide bonds. The Morgan fingerprint density at radius 1 is 1.37 bits per heavy atom. The molecule has 0 aromatic rings. The summed E-state index contributed by atoms with van der Waals surface area (Å²) in [5.41, 5.74) is 6.04. The maximum absolute atomic E-state index is 12.0. The molecule has 4 nitrogen and oxygen atoms in total. The Kier molecular flexibility index (Phi) is 6.27. The summed E-state index contributed by atoms with van der Waals surface area (Å²) in [6, 6.07) is 0.264. The van der Waals surface area contributed by atoms with Crippen LogP contribution < -0.4 is 11.1 Å². The van der Waals surface area contributed by atoms with E-state index < -0.39 is 0 Å². The normalized spacial score (nSPS) is 20.3. The van der Waals surface area contributed by atoms with E-state index in [0.29, 0.717) is 12.5 Å². The Balaban J connectivity index is 2.27. The van der Waals surface area contributed by atoms with Crippen molar-refractivity contribution >= 4 is 5.91 Å². The fourth-order valence-corrected chi connectivity index (χ4v) is 2.41. The monoisotopic (exact) mass is 269 g/mol. The molecule has 1 rings (SSSR count). The van der Waals surface area contributed by atoms with Gasteiger partial charge in [0.15, 0.2) is 0 Å². The van der Waals surface area contributed by atoms with E-state index in [2.05, 4.69) is 37.9 Å². The maximum Gasteiger partial charge on any atom is 0.221 e. The van der Waals surface area contributed by atoms with Gasteiger partial charge in [-0.1, -0.05) is 27.7 Å². The first-order chi connectivity index (χ1) is 8.82. The Labute approximate surface area is 118 Å². The number of amides is 1. The molecule has 1 unspecified atom stereocenters. The predicted octanol–water partition coefficient (Wildman–Crippen LogP) is 1.74. The molecular formula is C15H31N3O. The quantitative estimate of drug-likeness (QED) is 0.799. The summed E-state index contributed by atoms with van der Waals surface area (Å²) in [6.45, 7) is 11.8. The van der Waals surface area contributed by atoms with Crippen molar-refractivity contribution in [1.82, 2.24) is 10.2 Å². The fraction of sp³-hybridized carbons (Fsp3) is 0.933. The molecule has 0 aromatic carbocycles. The highest BCUT2D eigenvalue weighted by Crippen LogP contribution is 2.20. The number of carbonyl (C=O) groups is 1. The molecular weight excluding hydrogens is 238 g/mol. The lowest BCUT2D eigenvalue weighted by molar-refractivity contribution is -0.123. The largest absolute Gasteiger partial charge is 0.353 e. The van der Waals surface area contributed by atoms with Gasteiger partial charge in [-0.25, -0.2) is 0 Å². The highest BCUT2D eigenvalue weighted by atomic mass is 16.1. The molecule has 0 aromatic heterocycles. The molecule has 0 bridgehead atoms. The van der Waals surface area contributed by atoms with Crippen LogP contribution in [0.1, 0.15) is 53.4 Å². The van der Waals surface area contributed by atoms with Gasteiger partial charge in [0.1, 0.15) is 0 Å². The Morgan fingerprint density at radius 2 is 1.95 bits per heavy atom. The van der Waals surface area contributed by atoms with Crippen molar-refractivity contribution in [2.45, 2.75) is 65.5 Å². The second-order valence-electron chi connectivity index (χ2n) is 6.86. The molecule has 1 aliphatic heterocycles. The van der Waals surface area contributed by atoms with Crippen LogP contribution in [0.25, 0.3) is 0 Å². The van der Waals surface area contributed by atoms with Gasteiger partial charge in [-0.3, -0.25) is 4.79 Å². The molecule has 1 atom stereocenters. The van der Waals surface area contributed by atoms with Crippen molar-refractivity contribution in [2.75, 3.05) is 19.6 Å². The van der Waals surface area contributed by atoms with Crippen LogP contribution in [0.15, 0.2) is 0 Å². The van der Waals surface area contributed by atoms with Gasteiger partial charge in [0.25, 0.3) is 0 Å². The lowest BCUT2D eigenvalue weighted by Crippen LogP contribution is -2.47. The zero-order valence-electron chi connectivity index (χ0n) is 13.0. The molecule has 19 heavy (non-hydrogen) atoms. The van der Waals surface area contributed by atoms with Crippen molar-refractivity contribution in [2.24, 2.45) is 11.1 Å². The van der Waals surface area contributed by atoms with Gasteiger partial charge in [0.05, 0.1) is 0 Å². The molecule has 1 aliphatic rings. The first kappa shape index (κ1) is 16.4. The summed E-state index contributed by atoms with van der Waals surface area (Å²) < 4.78 is 0. The number of rotatable bonds is 5. The molecule has 4 heteroatoms. The van der Waals surface area contributed by atoms with Gasteiger partial charge in [0.2, 0.25) is 5.91 Å². The molecule has 0 spiro atoms. The zero-order valence-corrected chi connectivity index (χ0v) is 13.0. The third-order valence-corrected chi connectivity index (χ3v) is 4.01. The standard InChI is InChI=1S/C15H31N3O/c1-5-8-18-9-6-12(7-10-18)17-14(19)11-13(16)15(2,3)4/h12-13H,5-11,16H2,1-4H3,(H,17,19). The lowest BCUT2D eigenvalue weighted by atomic mass is 9.85. The SMILES string of the molecule is CCCN1CCC(NC(=O)CC(N)C(C)(C)C)CC1. The van der Waals surface area contributed by atoms with E-state index in [0.717, 1.165) is 25.9 Å². The van der Waals surface area contributed by atoms with Crippen LogP contribution in [0.5, 0.6) is 0 Å². The van der Waals surface area contributed by atoms with Crippen molar-refractivity contribution in [1.29, 1.82) is 0 Å². The van der Waals surface area contributed by atoms with Crippen LogP contribution in [-0.4, -0.2) is 42.5 Å². The first-order valence-corrected chi connectivity index (χ1v) is 7.60. The Morgan fingerprint density at radius 3 is 2.42 bits per heavy atom. The predicted molar refractivity (Wildman–Crippen MR) is 79.9 cm³/mol. The summed E-state index contributed by atoms with van der Waals surface area (Å²) in [5.74, 6) is 0.108. The molecule has 0 radical (unpaired) electrons. The van der Waals surface area contributed by atoms with Gasteiger partial charge >= 0.3 is 0 Å². The van der Waals surface area contributed by atoms with Gasteiger partial charge < -0.3 is 16.0 Å². The minimum Gasteiger partial charge on any atom is -0.353 e. The smallest absolute Gasteiger partial charge is 0.221 e. The van der Waals surface area contributed by atoms with Crippen LogP contribution in [-0.2, 0) is 4.79 Å². The van der Waals surface area contributed by atoms with Crippen molar-refractivity contribution < 1.29 is 4.79 Å². The van der Waals surface area contributed by atoms with Gasteiger partial charge in [-0.15, -0.1) is 0 Å². The Bertz CT molecular complexity index is 278. The number of nitrogens with one attached hydrogen (secondary N) is 1. The van der Waals surface area contributed by atoms with Gasteiger partial charge in [-0.2, -0.15) is 0 Å². The fourth-order valence-electron chi connectivity index (χ4n) is 2.41. The second-order valence-corrected chi connectivity index (χ2v) is 6.86. The summed E-state index contributed by atoms with van der Waals surface area (Å²) in [6.07, 6.45) is 3.77. The van der Waals surface area contributed by atoms with Crippen molar-refractivity contribution in [3.05, 3.63) is 0 Å². The number of likely N-dealkylation sites (tertiary alicyclic amines) is 1. The summed E-state index contributed by atoms with van der Waals surface area (Å²) in [5, 5.41) is 3.14. The van der Waals surface area contributed by atoms with Crippen LogP contribution in [0.3, 0.4) is 0 Å². The van der Waals surface area contributed by atoms with E-state index in [9.17, 15) is 4.79 Å². The van der Waals surface area contributed by atoms with E-state index in [4.69, 9.17) is 5.73 Å². The average Bonchev–Trinajstić information content (AvgIpc) is 2.30. The van der Waals surface area contributed by atoms with Gasteiger partial charge in [0, 0.05) is 31.6 Å². The molecule has 1 heterocycles. The topological polar surface area (TPSA) is 58.4 Å². The van der Waals surface area contributed by atoms with E-state index in [-0.39, 0.29) is 17.4 Å². The van der Waals surface area contributed by atoms with Crippen LogP contribution in [0.2, 0.25) is 0 Å². The third-order valence-electron chi connectivity index (χ3n) is 4.01. The third kappa shape index (κ3) is 5.91. The zero-order chi connectivity index (χ0) is 14.5. The second kappa shape index (κ2) is 7.25. The molecule has 1 saturated heterocycles. The highest BCUT2D eigenvalue weighted by molar-refractivity contribution is 5.77. The number of nitrogens with two attached hydrogens (primary N) is 1. The van der Waals surface area contributed by atoms with E-state index in [1.807, 2.05) is 0 Å². The maximum atomic E-state index is 12.0. The molecule has 0 saturated carbocycles.